The third-order valence-corrected chi connectivity index (χ3v) is 8.83. The van der Waals surface area contributed by atoms with Crippen molar-refractivity contribution in [1.29, 1.82) is 0 Å². The molecule has 206 valence electrons. The van der Waals surface area contributed by atoms with Crippen LogP contribution in [0.1, 0.15) is 71.2 Å². The molecule has 2 fully saturated rings. The Kier molecular flexibility index (Phi) is 8.00. The van der Waals surface area contributed by atoms with Crippen LogP contribution in [0.25, 0.3) is 0 Å². The number of piperidine rings is 2. The van der Waals surface area contributed by atoms with Crippen LogP contribution in [0.4, 0.5) is 0 Å². The molecule has 0 atom stereocenters. The van der Waals surface area contributed by atoms with Gasteiger partial charge in [-0.1, -0.05) is 59.8 Å². The molecule has 0 saturated carbocycles. The minimum Gasteiger partial charge on any atom is -0.339 e. The number of likely N-dealkylation sites (tertiary alicyclic amines) is 2. The lowest BCUT2D eigenvalue weighted by molar-refractivity contribution is 0.0644. The summed E-state index contributed by atoms with van der Waals surface area (Å²) in [7, 11) is 0. The predicted octanol–water partition coefficient (Wildman–Crippen LogP) is 5.50. The first-order chi connectivity index (χ1) is 19.7. The Morgan fingerprint density at radius 3 is 2.33 bits per heavy atom. The maximum Gasteiger partial charge on any atom is 0.253 e. The number of nitrogens with zero attached hydrogens (tertiary/aromatic N) is 5. The monoisotopic (exact) mass is 535 g/mol. The van der Waals surface area contributed by atoms with Gasteiger partial charge >= 0.3 is 0 Å². The number of hydrogen-bond acceptors (Lipinski definition) is 6. The molecule has 2 aromatic heterocycles. The van der Waals surface area contributed by atoms with Crippen LogP contribution in [-0.2, 0) is 11.8 Å². The van der Waals surface area contributed by atoms with Gasteiger partial charge in [-0.25, -0.2) is 0 Å². The van der Waals surface area contributed by atoms with Crippen LogP contribution in [0.2, 0.25) is 0 Å². The minimum absolute atomic E-state index is 0.0965. The highest BCUT2D eigenvalue weighted by Crippen LogP contribution is 2.40. The fourth-order valence-electron chi connectivity index (χ4n) is 6.34. The molecular weight excluding hydrogens is 498 g/mol. The van der Waals surface area contributed by atoms with E-state index in [4.69, 9.17) is 9.51 Å². The Morgan fingerprint density at radius 1 is 0.900 bits per heavy atom. The summed E-state index contributed by atoms with van der Waals surface area (Å²) in [6, 6.07) is 24.6. The summed E-state index contributed by atoms with van der Waals surface area (Å²) in [6.07, 6.45) is 9.43. The summed E-state index contributed by atoms with van der Waals surface area (Å²) < 4.78 is 5.67. The average Bonchev–Trinajstić information content (AvgIpc) is 3.50. The van der Waals surface area contributed by atoms with Crippen molar-refractivity contribution in [3.63, 3.8) is 0 Å². The van der Waals surface area contributed by atoms with Gasteiger partial charge in [-0.05, 0) is 86.5 Å². The molecule has 7 nitrogen and oxygen atoms in total. The van der Waals surface area contributed by atoms with Crippen molar-refractivity contribution in [3.05, 3.63) is 114 Å². The molecule has 0 unspecified atom stereocenters. The Bertz CT molecular complexity index is 1360. The molecule has 6 rings (SSSR count). The highest BCUT2D eigenvalue weighted by Gasteiger charge is 2.38. The Hall–Kier alpha value is -3.84. The van der Waals surface area contributed by atoms with E-state index in [9.17, 15) is 4.79 Å². The molecule has 1 amide bonds. The minimum atomic E-state index is 0.0965. The fourth-order valence-corrected chi connectivity index (χ4v) is 6.34. The molecule has 40 heavy (non-hydrogen) atoms. The normalized spacial score (nSPS) is 18.1. The molecule has 2 aliphatic heterocycles. The molecular formula is C33H37N5O2. The summed E-state index contributed by atoms with van der Waals surface area (Å²) in [5, 5.41) is 4.23. The van der Waals surface area contributed by atoms with Gasteiger partial charge in [0.25, 0.3) is 5.91 Å². The van der Waals surface area contributed by atoms with E-state index in [-0.39, 0.29) is 11.3 Å². The van der Waals surface area contributed by atoms with E-state index in [2.05, 4.69) is 45.4 Å². The average molecular weight is 536 g/mol. The molecule has 2 saturated heterocycles. The second kappa shape index (κ2) is 12.1. The van der Waals surface area contributed by atoms with Gasteiger partial charge in [0.05, 0.1) is 0 Å². The smallest absolute Gasteiger partial charge is 0.253 e. The van der Waals surface area contributed by atoms with E-state index in [1.54, 1.807) is 6.20 Å². The summed E-state index contributed by atoms with van der Waals surface area (Å²) in [5.41, 5.74) is 3.37. The fraction of sp³-hybridized carbons (Fsp3) is 0.394. The van der Waals surface area contributed by atoms with Gasteiger partial charge in [0, 0.05) is 43.4 Å². The van der Waals surface area contributed by atoms with Crippen LogP contribution in [-0.4, -0.2) is 63.6 Å². The second-order valence-corrected chi connectivity index (χ2v) is 11.3. The molecule has 2 aromatic carbocycles. The largest absolute Gasteiger partial charge is 0.339 e. The Labute approximate surface area is 236 Å². The number of pyridine rings is 1. The maximum atomic E-state index is 13.1. The zero-order valence-corrected chi connectivity index (χ0v) is 23.0. The Morgan fingerprint density at radius 2 is 1.62 bits per heavy atom. The Balaban J connectivity index is 1.05. The van der Waals surface area contributed by atoms with Crippen molar-refractivity contribution >= 4 is 5.91 Å². The van der Waals surface area contributed by atoms with E-state index in [0.717, 1.165) is 87.7 Å². The molecule has 0 radical (unpaired) electrons. The number of hydrogen-bond donors (Lipinski definition) is 0. The highest BCUT2D eigenvalue weighted by molar-refractivity contribution is 5.94. The van der Waals surface area contributed by atoms with Crippen LogP contribution >= 0.6 is 0 Å². The number of carbonyl (C=O) groups is 1. The first kappa shape index (κ1) is 26.4. The van der Waals surface area contributed by atoms with Gasteiger partial charge in [-0.2, -0.15) is 4.98 Å². The van der Waals surface area contributed by atoms with E-state index < -0.39 is 0 Å². The van der Waals surface area contributed by atoms with Crippen molar-refractivity contribution < 1.29 is 9.32 Å². The van der Waals surface area contributed by atoms with Crippen molar-refractivity contribution in [2.45, 2.75) is 49.9 Å². The summed E-state index contributed by atoms with van der Waals surface area (Å²) >= 11 is 0. The number of rotatable bonds is 8. The van der Waals surface area contributed by atoms with E-state index in [0.29, 0.717) is 12.3 Å². The third-order valence-electron chi connectivity index (χ3n) is 8.83. The van der Waals surface area contributed by atoms with Gasteiger partial charge < -0.3 is 14.3 Å². The highest BCUT2D eigenvalue weighted by atomic mass is 16.5. The lowest BCUT2D eigenvalue weighted by Gasteiger charge is -2.44. The third kappa shape index (κ3) is 5.99. The quantitative estimate of drug-likeness (QED) is 0.297. The topological polar surface area (TPSA) is 75.4 Å². The lowest BCUT2D eigenvalue weighted by atomic mass is 9.70. The van der Waals surface area contributed by atoms with E-state index in [1.165, 1.54) is 5.56 Å². The molecule has 0 bridgehead atoms. The molecule has 4 heterocycles. The zero-order chi connectivity index (χ0) is 27.2. The number of carbonyl (C=O) groups excluding carboxylic acids is 1. The van der Waals surface area contributed by atoms with Gasteiger partial charge in [0.2, 0.25) is 5.89 Å². The number of amides is 1. The summed E-state index contributed by atoms with van der Waals surface area (Å²) in [5.74, 6) is 1.97. The molecule has 2 aliphatic rings. The first-order valence-electron chi connectivity index (χ1n) is 14.5. The first-order valence-corrected chi connectivity index (χ1v) is 14.5. The standard InChI is InChI=1S/C33H37N5O2/c39-32(28-9-3-1-4-10-28)38-22-16-33(17-23-38,29-11-5-2-6-12-29)15-21-37-19-13-27(14-20-37)31-35-30(36-40-31)24-26-8-7-18-34-25-26/h1-12,18,25,27H,13-17,19-24H2. The van der Waals surface area contributed by atoms with Crippen molar-refractivity contribution in [1.82, 2.24) is 24.9 Å². The van der Waals surface area contributed by atoms with Crippen LogP contribution < -0.4 is 0 Å². The molecule has 7 heteroatoms. The van der Waals surface area contributed by atoms with Crippen molar-refractivity contribution in [2.24, 2.45) is 0 Å². The second-order valence-electron chi connectivity index (χ2n) is 11.3. The van der Waals surface area contributed by atoms with Gasteiger partial charge in [-0.3, -0.25) is 9.78 Å². The van der Waals surface area contributed by atoms with Crippen LogP contribution in [0, 0.1) is 0 Å². The number of aromatic nitrogens is 3. The maximum absolute atomic E-state index is 13.1. The summed E-state index contributed by atoms with van der Waals surface area (Å²) in [6.45, 7) is 4.72. The zero-order valence-electron chi connectivity index (χ0n) is 23.0. The molecule has 4 aromatic rings. The van der Waals surface area contributed by atoms with Crippen LogP contribution in [0.5, 0.6) is 0 Å². The van der Waals surface area contributed by atoms with E-state index >= 15 is 0 Å². The summed E-state index contributed by atoms with van der Waals surface area (Å²) in [4.78, 5) is 26.6. The van der Waals surface area contributed by atoms with Gasteiger partial charge in [0.15, 0.2) is 5.82 Å². The molecule has 0 N–H and O–H groups in total. The van der Waals surface area contributed by atoms with Crippen LogP contribution in [0.15, 0.2) is 89.7 Å². The van der Waals surface area contributed by atoms with Gasteiger partial charge in [-0.15, -0.1) is 0 Å². The molecule has 0 aliphatic carbocycles. The lowest BCUT2D eigenvalue weighted by Crippen LogP contribution is -2.47. The van der Waals surface area contributed by atoms with Gasteiger partial charge in [0.1, 0.15) is 0 Å². The SMILES string of the molecule is O=C(c1ccccc1)N1CCC(CCN2CCC(c3nc(Cc4cccnc4)no3)CC2)(c2ccccc2)CC1. The van der Waals surface area contributed by atoms with Crippen LogP contribution in [0.3, 0.4) is 0 Å². The number of benzene rings is 2. The molecule has 0 spiro atoms. The predicted molar refractivity (Wildman–Crippen MR) is 154 cm³/mol. The van der Waals surface area contributed by atoms with E-state index in [1.807, 2.05) is 53.6 Å². The van der Waals surface area contributed by atoms with Crippen molar-refractivity contribution in [2.75, 3.05) is 32.7 Å². The van der Waals surface area contributed by atoms with Crippen molar-refractivity contribution in [3.8, 4) is 0 Å².